The summed E-state index contributed by atoms with van der Waals surface area (Å²) in [6.07, 6.45) is 1.66. The number of para-hydroxylation sites is 1. The predicted molar refractivity (Wildman–Crippen MR) is 63.0 cm³/mol. The number of rotatable bonds is 1. The molecule has 0 spiro atoms. The molecule has 2 heterocycles. The van der Waals surface area contributed by atoms with Crippen molar-refractivity contribution in [1.82, 2.24) is 4.98 Å². The number of thiazole rings is 1. The summed E-state index contributed by atoms with van der Waals surface area (Å²) in [5, 5.41) is 1.56. The Hall–Kier alpha value is -1.75. The van der Waals surface area contributed by atoms with E-state index in [1.54, 1.807) is 6.20 Å². The third-order valence-electron chi connectivity index (χ3n) is 2.32. The molecule has 0 fully saturated rings. The van der Waals surface area contributed by atoms with Crippen LogP contribution in [-0.2, 0) is 0 Å². The summed E-state index contributed by atoms with van der Waals surface area (Å²) in [5.74, 6) is 1.54. The molecule has 0 bridgehead atoms. The summed E-state index contributed by atoms with van der Waals surface area (Å²) in [6, 6.07) is 5.79. The Morgan fingerprint density at radius 1 is 1.25 bits per heavy atom. The third-order valence-corrected chi connectivity index (χ3v) is 3.18. The van der Waals surface area contributed by atoms with E-state index in [9.17, 15) is 0 Å². The number of nitrogens with zero attached hydrogens (tertiary/aromatic N) is 1. The number of fused-ring (bicyclic) bond motifs is 1. The summed E-state index contributed by atoms with van der Waals surface area (Å²) in [4.78, 5) is 4.25. The lowest BCUT2D eigenvalue weighted by Crippen LogP contribution is -2.15. The van der Waals surface area contributed by atoms with Gasteiger partial charge in [-0.05, 0) is 12.1 Å². The first kappa shape index (κ1) is 9.47. The molecule has 1 aromatic carbocycles. The van der Waals surface area contributed by atoms with E-state index in [0.717, 1.165) is 22.1 Å². The summed E-state index contributed by atoms with van der Waals surface area (Å²) >= 11 is 1.44. The van der Waals surface area contributed by atoms with Crippen LogP contribution in [-0.4, -0.2) is 18.2 Å². The van der Waals surface area contributed by atoms with Gasteiger partial charge >= 0.3 is 0 Å². The van der Waals surface area contributed by atoms with Crippen LogP contribution in [0.4, 0.5) is 5.00 Å². The minimum Gasteiger partial charge on any atom is -0.486 e. The molecule has 0 amide bonds. The summed E-state index contributed by atoms with van der Waals surface area (Å²) in [7, 11) is 0. The average molecular weight is 234 g/mol. The maximum absolute atomic E-state index is 5.68. The molecule has 1 aliphatic heterocycles. The molecule has 82 valence electrons. The van der Waals surface area contributed by atoms with Crippen molar-refractivity contribution in [1.29, 1.82) is 0 Å². The Morgan fingerprint density at radius 2 is 2.12 bits per heavy atom. The van der Waals surface area contributed by atoms with E-state index in [0.29, 0.717) is 18.2 Å². The Bertz CT molecular complexity index is 524. The van der Waals surface area contributed by atoms with E-state index in [1.807, 2.05) is 18.2 Å². The highest BCUT2D eigenvalue weighted by atomic mass is 32.1. The molecule has 0 saturated heterocycles. The van der Waals surface area contributed by atoms with Crippen LogP contribution in [0.2, 0.25) is 0 Å². The highest BCUT2D eigenvalue weighted by Crippen LogP contribution is 2.41. The van der Waals surface area contributed by atoms with Crippen LogP contribution in [0, 0.1) is 0 Å². The highest BCUT2D eigenvalue weighted by molar-refractivity contribution is 7.18. The van der Waals surface area contributed by atoms with Gasteiger partial charge in [-0.25, -0.2) is 4.98 Å². The van der Waals surface area contributed by atoms with Crippen LogP contribution in [0.15, 0.2) is 24.4 Å². The number of anilines is 1. The number of aromatic nitrogens is 1. The molecule has 1 aliphatic rings. The van der Waals surface area contributed by atoms with E-state index in [2.05, 4.69) is 4.98 Å². The van der Waals surface area contributed by atoms with Crippen LogP contribution in [0.25, 0.3) is 10.6 Å². The number of nitrogens with two attached hydrogens (primary N) is 1. The molecule has 2 N–H and O–H groups in total. The van der Waals surface area contributed by atoms with Gasteiger partial charge in [0.05, 0.1) is 11.8 Å². The fourth-order valence-corrected chi connectivity index (χ4v) is 2.36. The molecule has 16 heavy (non-hydrogen) atoms. The van der Waals surface area contributed by atoms with E-state index >= 15 is 0 Å². The van der Waals surface area contributed by atoms with Crippen molar-refractivity contribution < 1.29 is 9.47 Å². The number of nitrogen functional groups attached to an aromatic ring is 1. The molecule has 3 rings (SSSR count). The average Bonchev–Trinajstić information content (AvgIpc) is 2.75. The van der Waals surface area contributed by atoms with Crippen LogP contribution >= 0.6 is 11.3 Å². The fourth-order valence-electron chi connectivity index (χ4n) is 1.65. The van der Waals surface area contributed by atoms with Gasteiger partial charge in [-0.15, -0.1) is 0 Å². The van der Waals surface area contributed by atoms with Gasteiger partial charge in [-0.1, -0.05) is 17.4 Å². The Labute approximate surface area is 96.6 Å². The first-order valence-electron chi connectivity index (χ1n) is 4.95. The first-order chi connectivity index (χ1) is 7.84. The normalized spacial score (nSPS) is 13.8. The van der Waals surface area contributed by atoms with Crippen molar-refractivity contribution in [3.05, 3.63) is 24.4 Å². The Kier molecular flexibility index (Phi) is 2.18. The smallest absolute Gasteiger partial charge is 0.171 e. The molecular weight excluding hydrogens is 224 g/mol. The zero-order chi connectivity index (χ0) is 11.0. The van der Waals surface area contributed by atoms with Crippen molar-refractivity contribution in [2.75, 3.05) is 18.9 Å². The van der Waals surface area contributed by atoms with Gasteiger partial charge in [-0.2, -0.15) is 0 Å². The molecule has 5 heteroatoms. The van der Waals surface area contributed by atoms with Gasteiger partial charge in [-0.3, -0.25) is 0 Å². The van der Waals surface area contributed by atoms with Gasteiger partial charge in [0, 0.05) is 0 Å². The zero-order valence-electron chi connectivity index (χ0n) is 8.47. The van der Waals surface area contributed by atoms with Crippen molar-refractivity contribution in [3.8, 4) is 22.1 Å². The molecule has 0 saturated carbocycles. The monoisotopic (exact) mass is 234 g/mol. The maximum atomic E-state index is 5.68. The molecule has 0 aliphatic carbocycles. The summed E-state index contributed by atoms with van der Waals surface area (Å²) in [5.41, 5.74) is 6.62. The topological polar surface area (TPSA) is 57.4 Å². The molecule has 0 unspecified atom stereocenters. The number of hydrogen-bond donors (Lipinski definition) is 1. The second-order valence-electron chi connectivity index (χ2n) is 3.40. The quantitative estimate of drug-likeness (QED) is 0.821. The first-order valence-corrected chi connectivity index (χ1v) is 5.76. The molecular formula is C11H10N2O2S. The highest BCUT2D eigenvalue weighted by Gasteiger charge is 2.18. The van der Waals surface area contributed by atoms with Crippen molar-refractivity contribution in [2.24, 2.45) is 0 Å². The van der Waals surface area contributed by atoms with Crippen LogP contribution in [0.1, 0.15) is 0 Å². The summed E-state index contributed by atoms with van der Waals surface area (Å²) < 4.78 is 11.1. The van der Waals surface area contributed by atoms with Gasteiger partial charge in [0.2, 0.25) is 0 Å². The van der Waals surface area contributed by atoms with Gasteiger partial charge in [0.15, 0.2) is 11.5 Å². The Balaban J connectivity index is 2.13. The second kappa shape index (κ2) is 3.68. The third kappa shape index (κ3) is 1.49. The van der Waals surface area contributed by atoms with Crippen LogP contribution < -0.4 is 15.2 Å². The lowest BCUT2D eigenvalue weighted by atomic mass is 10.2. The standard InChI is InChI=1S/C11H10N2O2S/c12-9-6-13-11(16-9)7-2-1-3-8-10(7)15-5-4-14-8/h1-3,6H,4-5,12H2. The molecule has 1 aromatic heterocycles. The fraction of sp³-hybridized carbons (Fsp3) is 0.182. The van der Waals surface area contributed by atoms with Crippen LogP contribution in [0.3, 0.4) is 0 Å². The lowest BCUT2D eigenvalue weighted by molar-refractivity contribution is 0.172. The van der Waals surface area contributed by atoms with E-state index in [4.69, 9.17) is 15.2 Å². The molecule has 2 aromatic rings. The predicted octanol–water partition coefficient (Wildman–Crippen LogP) is 2.16. The SMILES string of the molecule is Nc1cnc(-c2cccc3c2OCCO3)s1. The molecule has 0 atom stereocenters. The van der Waals surface area contributed by atoms with Gasteiger partial charge in [0.1, 0.15) is 23.2 Å². The second-order valence-corrected chi connectivity index (χ2v) is 4.46. The molecule has 0 radical (unpaired) electrons. The number of ether oxygens (including phenoxy) is 2. The maximum Gasteiger partial charge on any atom is 0.171 e. The van der Waals surface area contributed by atoms with Crippen molar-refractivity contribution in [2.45, 2.75) is 0 Å². The van der Waals surface area contributed by atoms with E-state index in [1.165, 1.54) is 11.3 Å². The lowest BCUT2D eigenvalue weighted by Gasteiger charge is -2.20. The van der Waals surface area contributed by atoms with Crippen LogP contribution in [0.5, 0.6) is 11.5 Å². The van der Waals surface area contributed by atoms with Gasteiger partial charge in [0.25, 0.3) is 0 Å². The number of hydrogen-bond acceptors (Lipinski definition) is 5. The summed E-state index contributed by atoms with van der Waals surface area (Å²) in [6.45, 7) is 1.17. The Morgan fingerprint density at radius 3 is 2.94 bits per heavy atom. The molecule has 4 nitrogen and oxygen atoms in total. The minimum atomic E-state index is 0.574. The zero-order valence-corrected chi connectivity index (χ0v) is 9.29. The van der Waals surface area contributed by atoms with E-state index < -0.39 is 0 Å². The van der Waals surface area contributed by atoms with Crippen molar-refractivity contribution >= 4 is 16.3 Å². The van der Waals surface area contributed by atoms with Gasteiger partial charge < -0.3 is 15.2 Å². The largest absolute Gasteiger partial charge is 0.486 e. The minimum absolute atomic E-state index is 0.574. The number of benzene rings is 1. The van der Waals surface area contributed by atoms with E-state index in [-0.39, 0.29) is 0 Å². The van der Waals surface area contributed by atoms with Crippen molar-refractivity contribution in [3.63, 3.8) is 0 Å².